The molecule has 0 saturated heterocycles. The summed E-state index contributed by atoms with van der Waals surface area (Å²) < 4.78 is 14.2. The summed E-state index contributed by atoms with van der Waals surface area (Å²) in [5.74, 6) is 2.09. The Hall–Kier alpha value is -0.960. The first-order valence-electron chi connectivity index (χ1n) is 8.31. The van der Waals surface area contributed by atoms with Gasteiger partial charge in [-0.1, -0.05) is 27.7 Å². The summed E-state index contributed by atoms with van der Waals surface area (Å²) in [6, 6.07) is 2.36. The molecule has 2 rings (SSSR count). The molecule has 118 valence electrons. The first-order valence-corrected chi connectivity index (χ1v) is 8.31. The van der Waals surface area contributed by atoms with Gasteiger partial charge < -0.3 is 5.32 Å². The van der Waals surface area contributed by atoms with Crippen molar-refractivity contribution in [3.63, 3.8) is 0 Å². The van der Waals surface area contributed by atoms with E-state index < -0.39 is 0 Å². The van der Waals surface area contributed by atoms with Crippen molar-refractivity contribution in [1.29, 1.82) is 0 Å². The van der Waals surface area contributed by atoms with Crippen LogP contribution in [0.25, 0.3) is 0 Å². The van der Waals surface area contributed by atoms with Gasteiger partial charge in [-0.15, -0.1) is 0 Å². The highest BCUT2D eigenvalue weighted by Crippen LogP contribution is 2.43. The summed E-state index contributed by atoms with van der Waals surface area (Å²) in [5.41, 5.74) is 0.867. The molecule has 1 aromatic heterocycles. The van der Waals surface area contributed by atoms with Crippen LogP contribution in [0.4, 0.5) is 4.39 Å². The fourth-order valence-electron chi connectivity index (χ4n) is 3.57. The van der Waals surface area contributed by atoms with Crippen LogP contribution in [-0.4, -0.2) is 17.6 Å². The third kappa shape index (κ3) is 4.26. The van der Waals surface area contributed by atoms with Crippen molar-refractivity contribution in [1.82, 2.24) is 10.3 Å². The lowest BCUT2D eigenvalue weighted by atomic mass is 9.68. The summed E-state index contributed by atoms with van der Waals surface area (Å²) in [5, 5.41) is 3.54. The minimum Gasteiger partial charge on any atom is -0.314 e. The lowest BCUT2D eigenvalue weighted by Gasteiger charge is -2.38. The first kappa shape index (κ1) is 16.4. The number of hydrogen-bond acceptors (Lipinski definition) is 2. The zero-order chi connectivity index (χ0) is 15.4. The molecule has 0 spiro atoms. The quantitative estimate of drug-likeness (QED) is 0.871. The van der Waals surface area contributed by atoms with Crippen molar-refractivity contribution in [3.8, 4) is 0 Å². The Kier molecular flexibility index (Phi) is 5.74. The largest absolute Gasteiger partial charge is 0.314 e. The Labute approximate surface area is 128 Å². The Morgan fingerprint density at radius 1 is 1.29 bits per heavy atom. The zero-order valence-electron chi connectivity index (χ0n) is 13.8. The van der Waals surface area contributed by atoms with Crippen molar-refractivity contribution in [2.45, 2.75) is 58.9 Å². The van der Waals surface area contributed by atoms with E-state index in [0.29, 0.717) is 29.7 Å². The molecular formula is C18H29FN2. The van der Waals surface area contributed by atoms with E-state index in [0.717, 1.165) is 18.5 Å². The van der Waals surface area contributed by atoms with Crippen molar-refractivity contribution in [2.24, 2.45) is 17.8 Å². The van der Waals surface area contributed by atoms with Gasteiger partial charge in [-0.05, 0) is 61.1 Å². The summed E-state index contributed by atoms with van der Waals surface area (Å²) in [4.78, 5) is 3.90. The molecule has 1 fully saturated rings. The number of hydrogen-bond donors (Lipinski definition) is 1. The molecular weight excluding hydrogens is 263 g/mol. The highest BCUT2D eigenvalue weighted by molar-refractivity contribution is 5.20. The second-order valence-corrected chi connectivity index (χ2v) is 7.14. The standard InChI is InChI=1S/C18H29FN2/c1-12(2)14-5-6-15(10-21-13(3)4)17(9-14)16-7-8-20-11-18(16)19/h7-8,11-15,17,21H,5-6,9-10H2,1-4H3. The van der Waals surface area contributed by atoms with Crippen LogP contribution in [0.3, 0.4) is 0 Å². The normalized spacial score (nSPS) is 26.5. The zero-order valence-corrected chi connectivity index (χ0v) is 13.8. The molecule has 1 N–H and O–H groups in total. The first-order chi connectivity index (χ1) is 9.99. The molecule has 1 aromatic rings. The molecule has 3 unspecified atom stereocenters. The van der Waals surface area contributed by atoms with Gasteiger partial charge in [-0.3, -0.25) is 4.98 Å². The van der Waals surface area contributed by atoms with Crippen molar-refractivity contribution >= 4 is 0 Å². The fraction of sp³-hybridized carbons (Fsp3) is 0.722. The van der Waals surface area contributed by atoms with Crippen molar-refractivity contribution < 1.29 is 4.39 Å². The van der Waals surface area contributed by atoms with Gasteiger partial charge in [0.05, 0.1) is 6.20 Å². The van der Waals surface area contributed by atoms with E-state index in [9.17, 15) is 4.39 Å². The number of rotatable bonds is 5. The van der Waals surface area contributed by atoms with Gasteiger partial charge in [-0.25, -0.2) is 4.39 Å². The van der Waals surface area contributed by atoms with Crippen LogP contribution >= 0.6 is 0 Å². The van der Waals surface area contributed by atoms with E-state index >= 15 is 0 Å². The molecule has 2 nitrogen and oxygen atoms in total. The summed E-state index contributed by atoms with van der Waals surface area (Å²) in [6.07, 6.45) is 6.65. The SMILES string of the molecule is CC(C)NCC1CCC(C(C)C)CC1c1ccncc1F. The van der Waals surface area contributed by atoms with Crippen LogP contribution in [0.15, 0.2) is 18.5 Å². The van der Waals surface area contributed by atoms with Gasteiger partial charge in [0.2, 0.25) is 0 Å². The van der Waals surface area contributed by atoms with Gasteiger partial charge in [0.15, 0.2) is 0 Å². The van der Waals surface area contributed by atoms with E-state index in [2.05, 4.69) is 38.0 Å². The van der Waals surface area contributed by atoms with Crippen LogP contribution in [0.5, 0.6) is 0 Å². The van der Waals surface area contributed by atoms with E-state index in [4.69, 9.17) is 0 Å². The number of halogens is 1. The minimum atomic E-state index is -0.138. The van der Waals surface area contributed by atoms with Crippen LogP contribution in [0.1, 0.15) is 58.4 Å². The Morgan fingerprint density at radius 3 is 2.67 bits per heavy atom. The fourth-order valence-corrected chi connectivity index (χ4v) is 3.57. The molecule has 3 atom stereocenters. The highest BCUT2D eigenvalue weighted by Gasteiger charge is 2.33. The second kappa shape index (κ2) is 7.35. The maximum Gasteiger partial charge on any atom is 0.144 e. The molecule has 0 bridgehead atoms. The lowest BCUT2D eigenvalue weighted by Crippen LogP contribution is -2.36. The van der Waals surface area contributed by atoms with Gasteiger partial charge in [0, 0.05) is 12.2 Å². The molecule has 0 aliphatic heterocycles. The molecule has 1 saturated carbocycles. The molecule has 0 radical (unpaired) electrons. The predicted molar refractivity (Wildman–Crippen MR) is 85.7 cm³/mol. The summed E-state index contributed by atoms with van der Waals surface area (Å²) in [6.45, 7) is 9.90. The van der Waals surface area contributed by atoms with Crippen LogP contribution in [0.2, 0.25) is 0 Å². The minimum absolute atomic E-state index is 0.138. The third-order valence-electron chi connectivity index (χ3n) is 4.97. The van der Waals surface area contributed by atoms with E-state index in [1.807, 2.05) is 6.07 Å². The Morgan fingerprint density at radius 2 is 2.05 bits per heavy atom. The molecule has 21 heavy (non-hydrogen) atoms. The number of pyridine rings is 1. The van der Waals surface area contributed by atoms with E-state index in [-0.39, 0.29) is 5.82 Å². The average Bonchev–Trinajstić information content (AvgIpc) is 2.45. The summed E-state index contributed by atoms with van der Waals surface area (Å²) >= 11 is 0. The lowest BCUT2D eigenvalue weighted by molar-refractivity contribution is 0.186. The topological polar surface area (TPSA) is 24.9 Å². The molecule has 0 aromatic carbocycles. The van der Waals surface area contributed by atoms with Crippen LogP contribution < -0.4 is 5.32 Å². The van der Waals surface area contributed by atoms with Crippen LogP contribution in [-0.2, 0) is 0 Å². The molecule has 3 heteroatoms. The van der Waals surface area contributed by atoms with Crippen molar-refractivity contribution in [2.75, 3.05) is 6.54 Å². The molecule has 1 aliphatic rings. The highest BCUT2D eigenvalue weighted by atomic mass is 19.1. The Balaban J connectivity index is 2.18. The summed E-state index contributed by atoms with van der Waals surface area (Å²) in [7, 11) is 0. The number of aromatic nitrogens is 1. The van der Waals surface area contributed by atoms with Crippen molar-refractivity contribution in [3.05, 3.63) is 29.8 Å². The van der Waals surface area contributed by atoms with Crippen LogP contribution in [0, 0.1) is 23.6 Å². The van der Waals surface area contributed by atoms with E-state index in [1.54, 1.807) is 6.20 Å². The maximum absolute atomic E-state index is 14.2. The molecule has 1 aliphatic carbocycles. The van der Waals surface area contributed by atoms with E-state index in [1.165, 1.54) is 19.0 Å². The number of nitrogens with one attached hydrogen (secondary N) is 1. The predicted octanol–water partition coefficient (Wildman–Crippen LogP) is 4.37. The Bertz CT molecular complexity index is 445. The number of nitrogens with zero attached hydrogens (tertiary/aromatic N) is 1. The van der Waals surface area contributed by atoms with Gasteiger partial charge in [0.1, 0.15) is 5.82 Å². The monoisotopic (exact) mass is 292 g/mol. The third-order valence-corrected chi connectivity index (χ3v) is 4.97. The smallest absolute Gasteiger partial charge is 0.144 e. The second-order valence-electron chi connectivity index (χ2n) is 7.14. The maximum atomic E-state index is 14.2. The van der Waals surface area contributed by atoms with Gasteiger partial charge in [0.25, 0.3) is 0 Å². The molecule has 0 amide bonds. The van der Waals surface area contributed by atoms with Gasteiger partial charge in [-0.2, -0.15) is 0 Å². The van der Waals surface area contributed by atoms with Gasteiger partial charge >= 0.3 is 0 Å². The average molecular weight is 292 g/mol. The molecule has 1 heterocycles.